The summed E-state index contributed by atoms with van der Waals surface area (Å²) in [6.45, 7) is 1.50. The molecule has 8 heteroatoms. The highest BCUT2D eigenvalue weighted by molar-refractivity contribution is 9.10. The molecule has 0 aliphatic heterocycles. The van der Waals surface area contributed by atoms with Gasteiger partial charge < -0.3 is 9.84 Å². The maximum absolute atomic E-state index is 12.4. The SMILES string of the molecule is O=C(COc1ccccc1)N=Nc1c(O)n(CN(Cc2ccccc2)Cc2ccccc2)c2ccc(Br)cc12. The lowest BCUT2D eigenvalue weighted by molar-refractivity contribution is -0.120. The molecule has 0 saturated carbocycles. The number of aromatic hydroxyl groups is 1. The van der Waals surface area contributed by atoms with Crippen LogP contribution < -0.4 is 4.74 Å². The number of azo groups is 1. The van der Waals surface area contributed by atoms with Crippen LogP contribution in [0.25, 0.3) is 10.9 Å². The molecule has 196 valence electrons. The van der Waals surface area contributed by atoms with E-state index in [2.05, 4.69) is 55.3 Å². The number of ether oxygens (including phenoxy) is 1. The first-order valence-electron chi connectivity index (χ1n) is 12.5. The van der Waals surface area contributed by atoms with Crippen molar-refractivity contribution in [1.29, 1.82) is 0 Å². The number of para-hydroxylation sites is 1. The average Bonchev–Trinajstić information content (AvgIpc) is 3.21. The summed E-state index contributed by atoms with van der Waals surface area (Å²) in [4.78, 5) is 14.6. The minimum Gasteiger partial charge on any atom is -0.493 e. The normalized spacial score (nSPS) is 11.4. The smallest absolute Gasteiger partial charge is 0.302 e. The maximum Gasteiger partial charge on any atom is 0.302 e. The van der Waals surface area contributed by atoms with Crippen molar-refractivity contribution >= 4 is 38.4 Å². The second-order valence-corrected chi connectivity index (χ2v) is 9.97. The number of carbonyl (C=O) groups is 1. The predicted octanol–water partition coefficient (Wildman–Crippen LogP) is 7.46. The third-order valence-electron chi connectivity index (χ3n) is 6.18. The number of hydrogen-bond donors (Lipinski definition) is 1. The van der Waals surface area contributed by atoms with Crippen molar-refractivity contribution in [2.24, 2.45) is 10.2 Å². The summed E-state index contributed by atoms with van der Waals surface area (Å²) in [5.41, 5.74) is 3.34. The zero-order chi connectivity index (χ0) is 27.0. The van der Waals surface area contributed by atoms with Crippen LogP contribution in [0.15, 0.2) is 124 Å². The molecule has 0 atom stereocenters. The lowest BCUT2D eigenvalue weighted by Gasteiger charge is -2.24. The monoisotopic (exact) mass is 582 g/mol. The maximum atomic E-state index is 12.4. The van der Waals surface area contributed by atoms with Crippen LogP contribution in [0.5, 0.6) is 11.6 Å². The number of halogens is 1. The molecule has 0 spiro atoms. The van der Waals surface area contributed by atoms with Gasteiger partial charge in [0, 0.05) is 22.9 Å². The van der Waals surface area contributed by atoms with Crippen molar-refractivity contribution in [2.75, 3.05) is 6.61 Å². The summed E-state index contributed by atoms with van der Waals surface area (Å²) in [6.07, 6.45) is 0. The Morgan fingerprint density at radius 3 is 2.05 bits per heavy atom. The lowest BCUT2D eigenvalue weighted by Crippen LogP contribution is -2.25. The molecule has 39 heavy (non-hydrogen) atoms. The summed E-state index contributed by atoms with van der Waals surface area (Å²) in [7, 11) is 0. The van der Waals surface area contributed by atoms with E-state index in [1.807, 2.05) is 72.8 Å². The van der Waals surface area contributed by atoms with Crippen molar-refractivity contribution in [1.82, 2.24) is 9.47 Å². The van der Waals surface area contributed by atoms with Crippen molar-refractivity contribution in [3.05, 3.63) is 125 Å². The lowest BCUT2D eigenvalue weighted by atomic mass is 10.2. The van der Waals surface area contributed by atoms with Gasteiger partial charge >= 0.3 is 5.91 Å². The molecule has 0 saturated heterocycles. The van der Waals surface area contributed by atoms with Crippen LogP contribution in [0, 0.1) is 0 Å². The molecule has 1 N–H and O–H groups in total. The van der Waals surface area contributed by atoms with Gasteiger partial charge in [0.1, 0.15) is 5.75 Å². The van der Waals surface area contributed by atoms with E-state index in [-0.39, 0.29) is 18.2 Å². The van der Waals surface area contributed by atoms with Gasteiger partial charge in [-0.15, -0.1) is 10.2 Å². The number of amides is 1. The van der Waals surface area contributed by atoms with Crippen LogP contribution in [0.1, 0.15) is 11.1 Å². The van der Waals surface area contributed by atoms with E-state index in [0.717, 1.165) is 21.1 Å². The Kier molecular flexibility index (Phi) is 8.45. The molecule has 1 heterocycles. The number of nitrogens with zero attached hydrogens (tertiary/aromatic N) is 4. The molecular weight excluding hydrogens is 556 g/mol. The Morgan fingerprint density at radius 1 is 0.846 bits per heavy atom. The largest absolute Gasteiger partial charge is 0.493 e. The summed E-state index contributed by atoms with van der Waals surface area (Å²) in [5, 5.41) is 20.0. The van der Waals surface area contributed by atoms with Crippen LogP contribution in [-0.4, -0.2) is 27.1 Å². The fourth-order valence-corrected chi connectivity index (χ4v) is 4.73. The van der Waals surface area contributed by atoms with Gasteiger partial charge in [-0.3, -0.25) is 14.3 Å². The molecule has 0 unspecified atom stereocenters. The highest BCUT2D eigenvalue weighted by Gasteiger charge is 2.20. The van der Waals surface area contributed by atoms with Gasteiger partial charge in [0.15, 0.2) is 12.3 Å². The number of benzene rings is 4. The highest BCUT2D eigenvalue weighted by Crippen LogP contribution is 2.40. The molecule has 0 aliphatic carbocycles. The van der Waals surface area contributed by atoms with Gasteiger partial charge in [0.05, 0.1) is 12.2 Å². The van der Waals surface area contributed by atoms with E-state index in [1.54, 1.807) is 16.7 Å². The first-order valence-corrected chi connectivity index (χ1v) is 13.3. The van der Waals surface area contributed by atoms with Crippen molar-refractivity contribution in [3.63, 3.8) is 0 Å². The molecule has 0 bridgehead atoms. The molecule has 7 nitrogen and oxygen atoms in total. The van der Waals surface area contributed by atoms with Crippen LogP contribution in [0.2, 0.25) is 0 Å². The van der Waals surface area contributed by atoms with E-state index < -0.39 is 5.91 Å². The minimum absolute atomic E-state index is 0.0604. The zero-order valence-corrected chi connectivity index (χ0v) is 22.7. The molecule has 1 amide bonds. The molecule has 0 fully saturated rings. The van der Waals surface area contributed by atoms with Gasteiger partial charge in [-0.1, -0.05) is 94.8 Å². The van der Waals surface area contributed by atoms with E-state index in [0.29, 0.717) is 30.9 Å². The second kappa shape index (κ2) is 12.5. The number of rotatable bonds is 10. The van der Waals surface area contributed by atoms with E-state index >= 15 is 0 Å². The van der Waals surface area contributed by atoms with Gasteiger partial charge in [0.2, 0.25) is 5.88 Å². The van der Waals surface area contributed by atoms with E-state index in [4.69, 9.17) is 4.74 Å². The molecule has 5 aromatic rings. The minimum atomic E-state index is -0.552. The standard InChI is InChI=1S/C31H27BrN4O3/c32-25-16-17-28-27(18-25)30(34-33-29(37)21-39-26-14-8-3-9-15-26)31(38)36(28)22-35(19-23-10-4-1-5-11-23)20-24-12-6-2-7-13-24/h1-18,38H,19-22H2. The Morgan fingerprint density at radius 2 is 1.44 bits per heavy atom. The quantitative estimate of drug-likeness (QED) is 0.173. The molecule has 1 aromatic heterocycles. The van der Waals surface area contributed by atoms with Gasteiger partial charge in [0.25, 0.3) is 0 Å². The second-order valence-electron chi connectivity index (χ2n) is 9.06. The zero-order valence-electron chi connectivity index (χ0n) is 21.2. The van der Waals surface area contributed by atoms with Gasteiger partial charge in [-0.25, -0.2) is 0 Å². The number of carbonyl (C=O) groups excluding carboxylic acids is 1. The van der Waals surface area contributed by atoms with E-state index in [9.17, 15) is 9.90 Å². The third kappa shape index (κ3) is 6.79. The predicted molar refractivity (Wildman–Crippen MR) is 155 cm³/mol. The fourth-order valence-electron chi connectivity index (χ4n) is 4.37. The number of aromatic nitrogens is 1. The molecule has 5 rings (SSSR count). The van der Waals surface area contributed by atoms with Gasteiger partial charge in [-0.05, 0) is 41.5 Å². The van der Waals surface area contributed by atoms with Crippen molar-refractivity contribution in [2.45, 2.75) is 19.8 Å². The summed E-state index contributed by atoms with van der Waals surface area (Å²) in [6, 6.07) is 35.2. The van der Waals surface area contributed by atoms with Crippen LogP contribution >= 0.6 is 15.9 Å². The highest BCUT2D eigenvalue weighted by atomic mass is 79.9. The van der Waals surface area contributed by atoms with E-state index in [1.165, 1.54) is 0 Å². The summed E-state index contributed by atoms with van der Waals surface area (Å²) < 4.78 is 8.10. The Labute approximate surface area is 235 Å². The van der Waals surface area contributed by atoms with Gasteiger partial charge in [-0.2, -0.15) is 0 Å². The van der Waals surface area contributed by atoms with Crippen molar-refractivity contribution < 1.29 is 14.6 Å². The Balaban J connectivity index is 1.43. The molecular formula is C31H27BrN4O3. The number of fused-ring (bicyclic) bond motifs is 1. The van der Waals surface area contributed by atoms with Crippen LogP contribution in [0.3, 0.4) is 0 Å². The molecule has 0 aliphatic rings. The Hall–Kier alpha value is -4.27. The molecule has 4 aromatic carbocycles. The summed E-state index contributed by atoms with van der Waals surface area (Å²) >= 11 is 3.51. The molecule has 0 radical (unpaired) electrons. The number of hydrogen-bond acceptors (Lipinski definition) is 5. The van der Waals surface area contributed by atoms with Crippen molar-refractivity contribution in [3.8, 4) is 11.6 Å². The first-order chi connectivity index (χ1) is 19.1. The first kappa shape index (κ1) is 26.3. The average molecular weight is 583 g/mol. The Bertz CT molecular complexity index is 1530. The van der Waals surface area contributed by atoms with Crippen LogP contribution in [-0.2, 0) is 24.6 Å². The fraction of sp³-hybridized carbons (Fsp3) is 0.129. The summed E-state index contributed by atoms with van der Waals surface area (Å²) in [5.74, 6) is -0.0416. The topological polar surface area (TPSA) is 79.4 Å². The van der Waals surface area contributed by atoms with Crippen LogP contribution in [0.4, 0.5) is 5.69 Å². The third-order valence-corrected chi connectivity index (χ3v) is 6.67.